The van der Waals surface area contributed by atoms with E-state index >= 15 is 0 Å². The molecule has 1 aromatic heterocycles. The van der Waals surface area contributed by atoms with Crippen molar-refractivity contribution in [1.82, 2.24) is 9.55 Å². The van der Waals surface area contributed by atoms with Gasteiger partial charge in [-0.25, -0.2) is 4.98 Å². The molecule has 3 heteroatoms. The Morgan fingerprint density at radius 3 is 2.81 bits per heavy atom. The van der Waals surface area contributed by atoms with Crippen molar-refractivity contribution in [1.29, 1.82) is 0 Å². The van der Waals surface area contributed by atoms with Gasteiger partial charge in [0.05, 0.1) is 0 Å². The highest BCUT2D eigenvalue weighted by Crippen LogP contribution is 2.23. The van der Waals surface area contributed by atoms with Crippen LogP contribution in [-0.2, 0) is 12.8 Å². The zero-order chi connectivity index (χ0) is 11.5. The van der Waals surface area contributed by atoms with Crippen LogP contribution in [0.2, 0.25) is 0 Å². The summed E-state index contributed by atoms with van der Waals surface area (Å²) < 4.78 is 2.05. The third-order valence-corrected chi connectivity index (χ3v) is 3.75. The number of benzene rings is 1. The van der Waals surface area contributed by atoms with Crippen molar-refractivity contribution >= 4 is 11.8 Å². The van der Waals surface area contributed by atoms with Crippen molar-refractivity contribution in [3.8, 4) is 0 Å². The number of hydrogen-bond donors (Lipinski definition) is 0. The minimum Gasteiger partial charge on any atom is -0.329 e. The van der Waals surface area contributed by atoms with E-state index in [0.717, 1.165) is 10.9 Å². The predicted octanol–water partition coefficient (Wildman–Crippen LogP) is 3.33. The molecule has 2 aromatic rings. The largest absolute Gasteiger partial charge is 0.329 e. The van der Waals surface area contributed by atoms with Gasteiger partial charge in [0.1, 0.15) is 0 Å². The highest BCUT2D eigenvalue weighted by molar-refractivity contribution is 7.98. The van der Waals surface area contributed by atoms with Crippen LogP contribution in [0.4, 0.5) is 0 Å². The maximum atomic E-state index is 4.31. The van der Waals surface area contributed by atoms with Crippen LogP contribution in [0, 0.1) is 13.8 Å². The van der Waals surface area contributed by atoms with Crippen molar-refractivity contribution in [3.05, 3.63) is 47.3 Å². The number of aryl methyl sites for hydroxylation is 3. The van der Waals surface area contributed by atoms with Gasteiger partial charge in [-0.2, -0.15) is 0 Å². The first-order valence-corrected chi connectivity index (χ1v) is 6.31. The molecule has 0 N–H and O–H groups in total. The molecular weight excluding hydrogens is 216 g/mol. The Kier molecular flexibility index (Phi) is 3.34. The molecule has 0 fully saturated rings. The fraction of sp³-hybridized carbons (Fsp3) is 0.308. The molecule has 0 spiro atoms. The molecule has 1 aromatic carbocycles. The Bertz CT molecular complexity index is 488. The van der Waals surface area contributed by atoms with Gasteiger partial charge in [-0.05, 0) is 25.0 Å². The summed E-state index contributed by atoms with van der Waals surface area (Å²) in [4.78, 5) is 4.31. The molecule has 0 amide bonds. The summed E-state index contributed by atoms with van der Waals surface area (Å²) >= 11 is 1.78. The second-order valence-electron chi connectivity index (χ2n) is 4.04. The number of nitrogens with zero attached hydrogens (tertiary/aromatic N) is 2. The molecule has 0 aliphatic heterocycles. The average Bonchev–Trinajstić information content (AvgIpc) is 2.66. The molecule has 16 heavy (non-hydrogen) atoms. The molecule has 2 rings (SSSR count). The average molecular weight is 232 g/mol. The molecule has 0 aliphatic rings. The molecule has 0 aliphatic carbocycles. The van der Waals surface area contributed by atoms with Crippen LogP contribution >= 0.6 is 11.8 Å². The van der Waals surface area contributed by atoms with Crippen LogP contribution in [0.25, 0.3) is 0 Å². The summed E-state index contributed by atoms with van der Waals surface area (Å²) in [6, 6.07) is 6.60. The molecule has 0 unspecified atom stereocenters. The van der Waals surface area contributed by atoms with Gasteiger partial charge in [0.25, 0.3) is 0 Å². The molecule has 0 atom stereocenters. The Balaban J connectivity index is 2.10. The van der Waals surface area contributed by atoms with Crippen LogP contribution in [0.5, 0.6) is 0 Å². The standard InChI is InChI=1S/C13H16N2S/c1-10-4-5-11(2)12(8-10)9-16-13-14-6-7-15(13)3/h4-8H,9H2,1-3H3. The Hall–Kier alpha value is -1.22. The van der Waals surface area contributed by atoms with E-state index in [1.165, 1.54) is 16.7 Å². The van der Waals surface area contributed by atoms with E-state index < -0.39 is 0 Å². The Morgan fingerprint density at radius 2 is 2.12 bits per heavy atom. The van der Waals surface area contributed by atoms with Crippen molar-refractivity contribution < 1.29 is 0 Å². The lowest BCUT2D eigenvalue weighted by Gasteiger charge is -2.06. The van der Waals surface area contributed by atoms with Crippen molar-refractivity contribution in [3.63, 3.8) is 0 Å². The van der Waals surface area contributed by atoms with Crippen LogP contribution in [0.15, 0.2) is 35.7 Å². The zero-order valence-corrected chi connectivity index (χ0v) is 10.7. The summed E-state index contributed by atoms with van der Waals surface area (Å²) in [6.07, 6.45) is 3.82. The third kappa shape index (κ3) is 2.47. The van der Waals surface area contributed by atoms with Gasteiger partial charge in [-0.1, -0.05) is 35.5 Å². The maximum Gasteiger partial charge on any atom is 0.167 e. The van der Waals surface area contributed by atoms with Gasteiger partial charge in [-0.3, -0.25) is 0 Å². The van der Waals surface area contributed by atoms with Gasteiger partial charge in [0, 0.05) is 25.2 Å². The molecule has 0 saturated heterocycles. The van der Waals surface area contributed by atoms with E-state index in [2.05, 4.69) is 41.6 Å². The van der Waals surface area contributed by atoms with Crippen LogP contribution in [0.3, 0.4) is 0 Å². The van der Waals surface area contributed by atoms with Crippen molar-refractivity contribution in [2.24, 2.45) is 7.05 Å². The number of aromatic nitrogens is 2. The molecule has 0 saturated carbocycles. The van der Waals surface area contributed by atoms with Gasteiger partial charge in [0.2, 0.25) is 0 Å². The van der Waals surface area contributed by atoms with Crippen LogP contribution < -0.4 is 0 Å². The minimum absolute atomic E-state index is 0.984. The number of thioether (sulfide) groups is 1. The summed E-state index contributed by atoms with van der Waals surface area (Å²) in [7, 11) is 2.03. The number of rotatable bonds is 3. The highest BCUT2D eigenvalue weighted by atomic mass is 32.2. The first-order valence-electron chi connectivity index (χ1n) is 5.33. The summed E-state index contributed by atoms with van der Waals surface area (Å²) in [5.41, 5.74) is 4.07. The molecular formula is C13H16N2S. The van der Waals surface area contributed by atoms with Crippen molar-refractivity contribution in [2.45, 2.75) is 24.8 Å². The zero-order valence-electron chi connectivity index (χ0n) is 9.90. The van der Waals surface area contributed by atoms with Gasteiger partial charge in [-0.15, -0.1) is 0 Å². The topological polar surface area (TPSA) is 17.8 Å². The van der Waals surface area contributed by atoms with Crippen molar-refractivity contribution in [2.75, 3.05) is 0 Å². The van der Waals surface area contributed by atoms with E-state index in [4.69, 9.17) is 0 Å². The third-order valence-electron chi connectivity index (χ3n) is 2.64. The summed E-state index contributed by atoms with van der Waals surface area (Å²) in [5.74, 6) is 0.984. The van der Waals surface area contributed by atoms with Gasteiger partial charge in [0.15, 0.2) is 5.16 Å². The molecule has 84 valence electrons. The van der Waals surface area contributed by atoms with E-state index in [9.17, 15) is 0 Å². The monoisotopic (exact) mass is 232 g/mol. The SMILES string of the molecule is Cc1ccc(C)c(CSc2nccn2C)c1. The molecule has 0 bridgehead atoms. The summed E-state index contributed by atoms with van der Waals surface area (Å²) in [6.45, 7) is 4.29. The predicted molar refractivity (Wildman–Crippen MR) is 68.7 cm³/mol. The van der Waals surface area contributed by atoms with E-state index in [1.54, 1.807) is 11.8 Å². The first kappa shape index (κ1) is 11.3. The Morgan fingerprint density at radius 1 is 1.31 bits per heavy atom. The molecule has 1 heterocycles. The lowest BCUT2D eigenvalue weighted by molar-refractivity contribution is 0.790. The number of imidazole rings is 1. The minimum atomic E-state index is 0.984. The summed E-state index contributed by atoms with van der Waals surface area (Å²) in [5, 5.41) is 1.07. The molecule has 2 nitrogen and oxygen atoms in total. The second-order valence-corrected chi connectivity index (χ2v) is 4.98. The smallest absolute Gasteiger partial charge is 0.167 e. The maximum absolute atomic E-state index is 4.31. The van der Waals surface area contributed by atoms with E-state index in [0.29, 0.717) is 0 Å². The fourth-order valence-corrected chi connectivity index (χ4v) is 2.58. The Labute approximate surface area is 101 Å². The lowest BCUT2D eigenvalue weighted by atomic mass is 10.1. The van der Waals surface area contributed by atoms with Crippen LogP contribution in [0.1, 0.15) is 16.7 Å². The highest BCUT2D eigenvalue weighted by Gasteiger charge is 2.03. The van der Waals surface area contributed by atoms with Crippen LogP contribution in [-0.4, -0.2) is 9.55 Å². The van der Waals surface area contributed by atoms with E-state index in [-0.39, 0.29) is 0 Å². The second kappa shape index (κ2) is 4.74. The van der Waals surface area contributed by atoms with E-state index in [1.807, 2.05) is 19.4 Å². The van der Waals surface area contributed by atoms with Gasteiger partial charge < -0.3 is 4.57 Å². The lowest BCUT2D eigenvalue weighted by Crippen LogP contribution is -1.92. The molecule has 0 radical (unpaired) electrons. The quantitative estimate of drug-likeness (QED) is 0.755. The fourth-order valence-electron chi connectivity index (χ4n) is 1.59. The number of hydrogen-bond acceptors (Lipinski definition) is 2. The van der Waals surface area contributed by atoms with Gasteiger partial charge >= 0.3 is 0 Å². The first-order chi connectivity index (χ1) is 7.66. The normalized spacial score (nSPS) is 10.7.